The van der Waals surface area contributed by atoms with E-state index in [2.05, 4.69) is 14.5 Å². The third kappa shape index (κ3) is 1.87. The molecule has 1 amide bonds. The van der Waals surface area contributed by atoms with Crippen molar-refractivity contribution in [2.45, 2.75) is 13.1 Å². The highest BCUT2D eigenvalue weighted by atomic mass is 16.2. The van der Waals surface area contributed by atoms with Crippen LogP contribution in [0.5, 0.6) is 0 Å². The van der Waals surface area contributed by atoms with Gasteiger partial charge in [-0.05, 0) is 18.2 Å². The van der Waals surface area contributed by atoms with Crippen LogP contribution in [0, 0.1) is 0 Å². The molecule has 0 bridgehead atoms. The minimum Gasteiger partial charge on any atom is -0.399 e. The maximum absolute atomic E-state index is 12.7. The molecule has 3 heterocycles. The molecule has 6 nitrogen and oxygen atoms in total. The van der Waals surface area contributed by atoms with Crippen LogP contribution in [-0.4, -0.2) is 31.9 Å². The average Bonchev–Trinajstić information content (AvgIpc) is 3.11. The molecule has 0 spiro atoms. The van der Waals surface area contributed by atoms with Gasteiger partial charge in [0.1, 0.15) is 5.82 Å². The van der Waals surface area contributed by atoms with Gasteiger partial charge < -0.3 is 20.2 Å². The van der Waals surface area contributed by atoms with Crippen LogP contribution in [0.4, 0.5) is 5.69 Å². The quantitative estimate of drug-likeness (QED) is 0.665. The highest BCUT2D eigenvalue weighted by molar-refractivity contribution is 6.07. The summed E-state index contributed by atoms with van der Waals surface area (Å²) in [6.07, 6.45) is 5.48. The average molecular weight is 281 g/mol. The van der Waals surface area contributed by atoms with Crippen LogP contribution >= 0.6 is 0 Å². The van der Waals surface area contributed by atoms with Crippen molar-refractivity contribution in [3.05, 3.63) is 48.2 Å². The third-order valence-corrected chi connectivity index (χ3v) is 3.97. The van der Waals surface area contributed by atoms with E-state index >= 15 is 0 Å². The van der Waals surface area contributed by atoms with Crippen LogP contribution in [0.15, 0.2) is 36.8 Å². The van der Waals surface area contributed by atoms with Crippen molar-refractivity contribution in [1.29, 1.82) is 0 Å². The van der Waals surface area contributed by atoms with Gasteiger partial charge in [0.15, 0.2) is 0 Å². The van der Waals surface area contributed by atoms with Crippen molar-refractivity contribution >= 4 is 22.5 Å². The number of aromatic nitrogens is 3. The van der Waals surface area contributed by atoms with Gasteiger partial charge in [-0.2, -0.15) is 0 Å². The lowest BCUT2D eigenvalue weighted by atomic mass is 10.1. The zero-order valence-electron chi connectivity index (χ0n) is 11.4. The van der Waals surface area contributed by atoms with Gasteiger partial charge in [0.2, 0.25) is 0 Å². The zero-order valence-corrected chi connectivity index (χ0v) is 11.4. The molecule has 1 aliphatic heterocycles. The van der Waals surface area contributed by atoms with Gasteiger partial charge in [-0.25, -0.2) is 4.98 Å². The van der Waals surface area contributed by atoms with Crippen LogP contribution in [0.1, 0.15) is 16.2 Å². The van der Waals surface area contributed by atoms with Gasteiger partial charge in [-0.3, -0.25) is 4.79 Å². The maximum atomic E-state index is 12.7. The van der Waals surface area contributed by atoms with Gasteiger partial charge in [0, 0.05) is 48.3 Å². The Morgan fingerprint density at radius 1 is 1.33 bits per heavy atom. The van der Waals surface area contributed by atoms with Crippen molar-refractivity contribution in [3.63, 3.8) is 0 Å². The number of nitrogens with zero attached hydrogens (tertiary/aromatic N) is 3. The summed E-state index contributed by atoms with van der Waals surface area (Å²) in [4.78, 5) is 22.0. The molecular formula is C15H15N5O. The first-order valence-electron chi connectivity index (χ1n) is 6.88. The molecular weight excluding hydrogens is 266 g/mol. The van der Waals surface area contributed by atoms with E-state index in [1.165, 1.54) is 0 Å². The fourth-order valence-corrected chi connectivity index (χ4v) is 2.83. The highest BCUT2D eigenvalue weighted by Crippen LogP contribution is 2.23. The van der Waals surface area contributed by atoms with Crippen molar-refractivity contribution < 1.29 is 4.79 Å². The maximum Gasteiger partial charge on any atom is 0.256 e. The number of imidazole rings is 1. The standard InChI is InChI=1S/C15H15N5O/c16-10-1-2-13-11(7-10)12(8-18-13)15(21)20-6-5-19-4-3-17-14(19)9-20/h1-4,7-8,18H,5-6,9,16H2. The molecule has 1 aliphatic rings. The normalized spacial score (nSPS) is 14.4. The fraction of sp³-hybridized carbons (Fsp3) is 0.200. The number of hydrogen-bond donors (Lipinski definition) is 2. The fourth-order valence-electron chi connectivity index (χ4n) is 2.83. The number of anilines is 1. The van der Waals surface area contributed by atoms with Crippen LogP contribution < -0.4 is 5.73 Å². The summed E-state index contributed by atoms with van der Waals surface area (Å²) in [5, 5.41) is 0.869. The Kier molecular flexibility index (Phi) is 2.50. The summed E-state index contributed by atoms with van der Waals surface area (Å²) in [6.45, 7) is 2.02. The molecule has 3 N–H and O–H groups in total. The minimum absolute atomic E-state index is 0.0149. The number of carbonyl (C=O) groups excluding carboxylic acids is 1. The van der Waals surface area contributed by atoms with Gasteiger partial charge in [0.05, 0.1) is 12.1 Å². The first kappa shape index (κ1) is 12.0. The Balaban J connectivity index is 1.69. The first-order chi connectivity index (χ1) is 10.2. The van der Waals surface area contributed by atoms with Crippen LogP contribution in [0.25, 0.3) is 10.9 Å². The van der Waals surface area contributed by atoms with Crippen molar-refractivity contribution in [2.75, 3.05) is 12.3 Å². The highest BCUT2D eigenvalue weighted by Gasteiger charge is 2.24. The molecule has 0 radical (unpaired) electrons. The molecule has 0 saturated heterocycles. The van der Waals surface area contributed by atoms with E-state index in [9.17, 15) is 4.79 Å². The van der Waals surface area contributed by atoms with E-state index in [0.717, 1.165) is 23.3 Å². The Morgan fingerprint density at radius 3 is 3.14 bits per heavy atom. The summed E-state index contributed by atoms with van der Waals surface area (Å²) >= 11 is 0. The molecule has 2 aromatic heterocycles. The number of fused-ring (bicyclic) bond motifs is 2. The number of benzene rings is 1. The van der Waals surface area contributed by atoms with Crippen molar-refractivity contribution in [2.24, 2.45) is 0 Å². The van der Waals surface area contributed by atoms with Crippen LogP contribution in [-0.2, 0) is 13.1 Å². The van der Waals surface area contributed by atoms with Gasteiger partial charge in [-0.15, -0.1) is 0 Å². The Hall–Kier alpha value is -2.76. The lowest BCUT2D eigenvalue weighted by Gasteiger charge is -2.27. The molecule has 1 aromatic carbocycles. The monoisotopic (exact) mass is 281 g/mol. The Labute approximate surface area is 121 Å². The van der Waals surface area contributed by atoms with Gasteiger partial charge >= 0.3 is 0 Å². The second kappa shape index (κ2) is 4.37. The molecule has 3 aromatic rings. The van der Waals surface area contributed by atoms with E-state index in [-0.39, 0.29) is 5.91 Å². The number of nitrogens with one attached hydrogen (secondary N) is 1. The number of nitrogens with two attached hydrogens (primary N) is 1. The van der Waals surface area contributed by atoms with Crippen molar-refractivity contribution in [1.82, 2.24) is 19.4 Å². The molecule has 0 atom stereocenters. The summed E-state index contributed by atoms with van der Waals surface area (Å²) in [6, 6.07) is 5.55. The predicted molar refractivity (Wildman–Crippen MR) is 79.7 cm³/mol. The molecule has 21 heavy (non-hydrogen) atoms. The van der Waals surface area contributed by atoms with E-state index in [4.69, 9.17) is 5.73 Å². The molecule has 0 unspecified atom stereocenters. The molecule has 0 saturated carbocycles. The van der Waals surface area contributed by atoms with E-state index < -0.39 is 0 Å². The van der Waals surface area contributed by atoms with Crippen molar-refractivity contribution in [3.8, 4) is 0 Å². The lowest BCUT2D eigenvalue weighted by Crippen LogP contribution is -2.38. The largest absolute Gasteiger partial charge is 0.399 e. The summed E-state index contributed by atoms with van der Waals surface area (Å²) < 4.78 is 2.08. The Bertz CT molecular complexity index is 832. The second-order valence-corrected chi connectivity index (χ2v) is 5.27. The number of carbonyl (C=O) groups is 1. The molecule has 106 valence electrons. The lowest BCUT2D eigenvalue weighted by molar-refractivity contribution is 0.0709. The smallest absolute Gasteiger partial charge is 0.256 e. The topological polar surface area (TPSA) is 79.9 Å². The number of hydrogen-bond acceptors (Lipinski definition) is 3. The number of H-pyrrole nitrogens is 1. The molecule has 4 rings (SSSR count). The third-order valence-electron chi connectivity index (χ3n) is 3.97. The Morgan fingerprint density at radius 2 is 2.24 bits per heavy atom. The number of amides is 1. The SMILES string of the molecule is Nc1ccc2[nH]cc(C(=O)N3CCn4ccnc4C3)c2c1. The first-order valence-corrected chi connectivity index (χ1v) is 6.88. The number of aromatic amines is 1. The van der Waals surface area contributed by atoms with Gasteiger partial charge in [-0.1, -0.05) is 0 Å². The minimum atomic E-state index is 0.0149. The second-order valence-electron chi connectivity index (χ2n) is 5.27. The summed E-state index contributed by atoms with van der Waals surface area (Å²) in [7, 11) is 0. The van der Waals surface area contributed by atoms with E-state index in [1.807, 2.05) is 29.3 Å². The molecule has 0 fully saturated rings. The number of rotatable bonds is 1. The van der Waals surface area contributed by atoms with E-state index in [0.29, 0.717) is 24.3 Å². The predicted octanol–water partition coefficient (Wildman–Crippen LogP) is 1.60. The molecule has 0 aliphatic carbocycles. The molecule has 6 heteroatoms. The number of nitrogen functional groups attached to an aromatic ring is 1. The summed E-state index contributed by atoms with van der Waals surface area (Å²) in [5.41, 5.74) is 8.07. The summed E-state index contributed by atoms with van der Waals surface area (Å²) in [5.74, 6) is 0.940. The van der Waals surface area contributed by atoms with Gasteiger partial charge in [0.25, 0.3) is 5.91 Å². The van der Waals surface area contributed by atoms with Crippen LogP contribution in [0.2, 0.25) is 0 Å². The van der Waals surface area contributed by atoms with Crippen LogP contribution in [0.3, 0.4) is 0 Å². The van der Waals surface area contributed by atoms with E-state index in [1.54, 1.807) is 12.4 Å². The zero-order chi connectivity index (χ0) is 14.4.